The van der Waals surface area contributed by atoms with Gasteiger partial charge in [-0.1, -0.05) is 0 Å². The van der Waals surface area contributed by atoms with Crippen molar-refractivity contribution < 1.29 is 24.9 Å². The van der Waals surface area contributed by atoms with Gasteiger partial charge >= 0.3 is 0 Å². The van der Waals surface area contributed by atoms with E-state index >= 15 is 0 Å². The fraction of sp³-hybridized carbons (Fsp3) is 0.364. The van der Waals surface area contributed by atoms with Gasteiger partial charge in [-0.2, -0.15) is 0 Å². The van der Waals surface area contributed by atoms with Crippen LogP contribution in [0.5, 0.6) is 11.5 Å². The summed E-state index contributed by atoms with van der Waals surface area (Å²) in [6.07, 6.45) is 0.926. The van der Waals surface area contributed by atoms with Crippen LogP contribution in [-0.4, -0.2) is 78.9 Å². The Morgan fingerprint density at radius 2 is 1.12 bits per heavy atom. The summed E-state index contributed by atoms with van der Waals surface area (Å²) < 4.78 is 0. The van der Waals surface area contributed by atoms with E-state index in [1.54, 1.807) is 12.1 Å². The second-order valence-corrected chi connectivity index (χ2v) is 7.87. The number of phenolic OH excluding ortho intramolecular Hbond substituents is 2. The van der Waals surface area contributed by atoms with Crippen molar-refractivity contribution in [1.82, 2.24) is 10.6 Å². The van der Waals surface area contributed by atoms with E-state index in [1.807, 2.05) is 0 Å². The van der Waals surface area contributed by atoms with Crippen molar-refractivity contribution >= 4 is 32.2 Å². The van der Waals surface area contributed by atoms with E-state index in [1.165, 1.54) is 12.1 Å². The minimum Gasteiger partial charge on any atom is -0.507 e. The lowest BCUT2D eigenvalue weighted by atomic mass is 9.81. The van der Waals surface area contributed by atoms with Crippen molar-refractivity contribution in [3.05, 3.63) is 46.5 Å². The Hall–Kier alpha value is -2.71. The first kappa shape index (κ1) is 23.9. The summed E-state index contributed by atoms with van der Waals surface area (Å²) in [4.78, 5) is 26.8. The maximum atomic E-state index is 13.4. The number of aliphatic hydroxyl groups excluding tert-OH is 1. The molecular weight excluding hydrogens is 431 g/mol. The standard InChI is InChI=1S/C22H29N4O5P/c27-11-9-23-5-7-25-13-1-2-14(26-8-6-24-10-12-32)18-17(13)21(30)19-15(28)3-4-16(29)20(19)22(18)31/h1-4,23-29H,5-12,32H2. The third-order valence-electron chi connectivity index (χ3n) is 5.12. The fourth-order valence-electron chi connectivity index (χ4n) is 3.66. The quantitative estimate of drug-likeness (QED) is 0.118. The highest BCUT2D eigenvalue weighted by Crippen LogP contribution is 2.42. The van der Waals surface area contributed by atoms with Crippen molar-refractivity contribution in [1.29, 1.82) is 0 Å². The van der Waals surface area contributed by atoms with Crippen molar-refractivity contribution in [2.24, 2.45) is 0 Å². The first-order valence-electron chi connectivity index (χ1n) is 10.5. The number of phenols is 2. The molecule has 0 amide bonds. The van der Waals surface area contributed by atoms with Crippen LogP contribution in [0.25, 0.3) is 0 Å². The van der Waals surface area contributed by atoms with E-state index in [4.69, 9.17) is 5.11 Å². The van der Waals surface area contributed by atoms with E-state index in [2.05, 4.69) is 30.5 Å². The Bertz CT molecular complexity index is 921. The van der Waals surface area contributed by atoms with Gasteiger partial charge in [0.25, 0.3) is 0 Å². The van der Waals surface area contributed by atoms with E-state index < -0.39 is 11.6 Å². The molecule has 0 heterocycles. The Labute approximate surface area is 188 Å². The van der Waals surface area contributed by atoms with Crippen LogP contribution in [0.4, 0.5) is 11.4 Å². The third kappa shape index (κ3) is 5.02. The molecule has 0 aromatic heterocycles. The van der Waals surface area contributed by atoms with Crippen molar-refractivity contribution in [2.45, 2.75) is 0 Å². The van der Waals surface area contributed by atoms with Crippen molar-refractivity contribution in [3.8, 4) is 11.5 Å². The van der Waals surface area contributed by atoms with Gasteiger partial charge < -0.3 is 36.6 Å². The summed E-state index contributed by atoms with van der Waals surface area (Å²) in [5.74, 6) is -1.75. The molecule has 10 heteroatoms. The molecule has 172 valence electrons. The van der Waals surface area contributed by atoms with E-state index in [-0.39, 0.29) is 40.4 Å². The van der Waals surface area contributed by atoms with E-state index in [0.717, 1.165) is 12.7 Å². The van der Waals surface area contributed by atoms with Crippen LogP contribution >= 0.6 is 9.24 Å². The molecule has 0 saturated carbocycles. The molecule has 2 aromatic carbocycles. The fourth-order valence-corrected chi connectivity index (χ4v) is 3.87. The van der Waals surface area contributed by atoms with Crippen LogP contribution in [0.3, 0.4) is 0 Å². The van der Waals surface area contributed by atoms with Crippen LogP contribution in [-0.2, 0) is 0 Å². The summed E-state index contributed by atoms with van der Waals surface area (Å²) in [6, 6.07) is 5.86. The van der Waals surface area contributed by atoms with Gasteiger partial charge in [-0.25, -0.2) is 0 Å². The lowest BCUT2D eigenvalue weighted by Crippen LogP contribution is -2.28. The monoisotopic (exact) mass is 460 g/mol. The highest BCUT2D eigenvalue weighted by Gasteiger charge is 2.37. The Morgan fingerprint density at radius 3 is 1.56 bits per heavy atom. The topological polar surface area (TPSA) is 143 Å². The molecule has 3 rings (SSSR count). The van der Waals surface area contributed by atoms with Gasteiger partial charge in [0.2, 0.25) is 11.6 Å². The number of nitrogens with one attached hydrogen (secondary N) is 4. The first-order chi connectivity index (χ1) is 15.5. The number of carbonyl (C=O) groups excluding carboxylic acids is 2. The Morgan fingerprint density at radius 1 is 0.656 bits per heavy atom. The smallest absolute Gasteiger partial charge is 0.200 e. The Balaban J connectivity index is 1.97. The van der Waals surface area contributed by atoms with Gasteiger partial charge in [-0.3, -0.25) is 9.59 Å². The van der Waals surface area contributed by atoms with Crippen molar-refractivity contribution in [2.75, 3.05) is 62.7 Å². The zero-order valence-electron chi connectivity index (χ0n) is 17.7. The molecule has 2 aromatic rings. The maximum Gasteiger partial charge on any atom is 0.200 e. The predicted molar refractivity (Wildman–Crippen MR) is 127 cm³/mol. The molecule has 1 aliphatic rings. The molecule has 0 spiro atoms. The summed E-state index contributed by atoms with van der Waals surface area (Å²) in [5.41, 5.74) is 0.903. The lowest BCUT2D eigenvalue weighted by Gasteiger charge is -2.25. The van der Waals surface area contributed by atoms with Crippen molar-refractivity contribution in [3.63, 3.8) is 0 Å². The summed E-state index contributed by atoms with van der Waals surface area (Å²) in [5, 5.41) is 42.1. The minimum absolute atomic E-state index is 0.0221. The SMILES string of the molecule is O=C1c2c(O)ccc(O)c2C(=O)c2c(NCCNCCP)ccc(NCCNCCO)c21. The number of benzene rings is 2. The number of aliphatic hydroxyl groups is 1. The number of ketones is 2. The number of carbonyl (C=O) groups is 2. The molecule has 0 radical (unpaired) electrons. The highest BCUT2D eigenvalue weighted by molar-refractivity contribution is 7.16. The maximum absolute atomic E-state index is 13.4. The summed E-state index contributed by atoms with van der Waals surface area (Å²) in [6.45, 7) is 3.52. The zero-order chi connectivity index (χ0) is 23.1. The van der Waals surface area contributed by atoms with Crippen LogP contribution in [0, 0.1) is 0 Å². The largest absolute Gasteiger partial charge is 0.507 e. The van der Waals surface area contributed by atoms with Crippen LogP contribution in [0.15, 0.2) is 24.3 Å². The zero-order valence-corrected chi connectivity index (χ0v) is 18.9. The molecule has 7 N–H and O–H groups in total. The number of rotatable bonds is 12. The van der Waals surface area contributed by atoms with Gasteiger partial charge in [-0.15, -0.1) is 9.24 Å². The van der Waals surface area contributed by atoms with Gasteiger partial charge in [0.1, 0.15) is 11.5 Å². The molecule has 0 aliphatic heterocycles. The molecule has 32 heavy (non-hydrogen) atoms. The molecule has 0 saturated heterocycles. The molecular formula is C22H29N4O5P. The first-order valence-corrected chi connectivity index (χ1v) is 11.3. The number of hydrogen-bond acceptors (Lipinski definition) is 9. The van der Waals surface area contributed by atoms with E-state index in [9.17, 15) is 19.8 Å². The highest BCUT2D eigenvalue weighted by atomic mass is 31.0. The van der Waals surface area contributed by atoms with Crippen LogP contribution < -0.4 is 21.3 Å². The summed E-state index contributed by atoms with van der Waals surface area (Å²) in [7, 11) is 2.64. The lowest BCUT2D eigenvalue weighted by molar-refractivity contribution is 0.0975. The minimum atomic E-state index is -0.529. The summed E-state index contributed by atoms with van der Waals surface area (Å²) >= 11 is 0. The van der Waals surface area contributed by atoms with Crippen LogP contribution in [0.2, 0.25) is 0 Å². The molecule has 0 bridgehead atoms. The average molecular weight is 460 g/mol. The number of anilines is 2. The molecule has 1 atom stereocenters. The van der Waals surface area contributed by atoms with Gasteiger partial charge in [0, 0.05) is 44.1 Å². The molecule has 1 aliphatic carbocycles. The second kappa shape index (κ2) is 11.2. The van der Waals surface area contributed by atoms with Crippen LogP contribution in [0.1, 0.15) is 31.8 Å². The molecule has 1 unspecified atom stereocenters. The average Bonchev–Trinajstić information content (AvgIpc) is 2.78. The third-order valence-corrected chi connectivity index (χ3v) is 5.41. The van der Waals surface area contributed by atoms with Gasteiger partial charge in [-0.05, 0) is 37.0 Å². The van der Waals surface area contributed by atoms with Gasteiger partial charge in [0.05, 0.1) is 28.9 Å². The normalized spacial score (nSPS) is 12.4. The molecule has 9 nitrogen and oxygen atoms in total. The molecule has 0 fully saturated rings. The Kier molecular flexibility index (Phi) is 8.41. The second-order valence-electron chi connectivity index (χ2n) is 7.29. The predicted octanol–water partition coefficient (Wildman–Crippen LogP) is 0.744. The van der Waals surface area contributed by atoms with E-state index in [0.29, 0.717) is 44.1 Å². The number of fused-ring (bicyclic) bond motifs is 2. The number of hydrogen-bond donors (Lipinski definition) is 7. The number of aromatic hydroxyl groups is 2. The van der Waals surface area contributed by atoms with Gasteiger partial charge in [0.15, 0.2) is 0 Å².